The number of rotatable bonds is 4. The minimum Gasteiger partial charge on any atom is -0.466 e. The van der Waals surface area contributed by atoms with Crippen LogP contribution in [0.15, 0.2) is 23.1 Å². The van der Waals surface area contributed by atoms with Gasteiger partial charge in [0.1, 0.15) is 0 Å². The summed E-state index contributed by atoms with van der Waals surface area (Å²) in [7, 11) is 0. The van der Waals surface area contributed by atoms with Gasteiger partial charge in [0.25, 0.3) is 5.56 Å². The quantitative estimate of drug-likeness (QED) is 0.821. The first-order valence-corrected chi connectivity index (χ1v) is 5.21. The predicted octanol–water partition coefficient (Wildman–Crippen LogP) is 1.99. The first kappa shape index (κ1) is 12.5. The number of aromatic nitrogens is 1. The van der Waals surface area contributed by atoms with Crippen LogP contribution in [0, 0.1) is 0 Å². The van der Waals surface area contributed by atoms with Crippen molar-refractivity contribution in [1.82, 2.24) is 4.98 Å². The van der Waals surface area contributed by atoms with Gasteiger partial charge in [-0.3, -0.25) is 9.59 Å². The van der Waals surface area contributed by atoms with Crippen LogP contribution in [0.25, 0.3) is 6.08 Å². The second kappa shape index (κ2) is 6.12. The maximum absolute atomic E-state index is 11.3. The van der Waals surface area contributed by atoms with Gasteiger partial charge in [-0.1, -0.05) is 23.8 Å². The maximum atomic E-state index is 11.3. The van der Waals surface area contributed by atoms with Gasteiger partial charge in [-0.25, -0.2) is 0 Å². The Labute approximate surface area is 97.9 Å². The lowest BCUT2D eigenvalue weighted by Crippen LogP contribution is -2.07. The molecule has 0 radical (unpaired) electrons. The van der Waals surface area contributed by atoms with Crippen molar-refractivity contribution in [2.24, 2.45) is 0 Å². The number of esters is 1. The van der Waals surface area contributed by atoms with Crippen molar-refractivity contribution >= 4 is 23.6 Å². The predicted molar refractivity (Wildman–Crippen MR) is 62.4 cm³/mol. The molecule has 0 bridgehead atoms. The summed E-state index contributed by atoms with van der Waals surface area (Å²) in [5.74, 6) is -0.322. The molecule has 0 aromatic carbocycles. The second-order valence-corrected chi connectivity index (χ2v) is 3.45. The molecule has 5 heteroatoms. The maximum Gasteiger partial charge on any atom is 0.309 e. The Morgan fingerprint density at radius 2 is 2.38 bits per heavy atom. The Hall–Kier alpha value is -1.55. The lowest BCUT2D eigenvalue weighted by atomic mass is 10.2. The van der Waals surface area contributed by atoms with Crippen molar-refractivity contribution in [3.05, 3.63) is 39.3 Å². The number of H-pyrrole nitrogens is 1. The fourth-order valence-corrected chi connectivity index (χ4v) is 1.27. The molecule has 86 valence electrons. The van der Waals surface area contributed by atoms with E-state index in [1.54, 1.807) is 19.1 Å². The smallest absolute Gasteiger partial charge is 0.309 e. The molecule has 0 fully saturated rings. The van der Waals surface area contributed by atoms with E-state index in [1.165, 1.54) is 12.3 Å². The highest BCUT2D eigenvalue weighted by Gasteiger charge is 1.99. The first-order chi connectivity index (χ1) is 7.63. The molecule has 1 aromatic heterocycles. The SMILES string of the molecule is CCOC(=O)CC=Cc1cc(Cl)c[nH]c1=O. The van der Waals surface area contributed by atoms with Gasteiger partial charge < -0.3 is 9.72 Å². The van der Waals surface area contributed by atoms with Crippen molar-refractivity contribution in [2.75, 3.05) is 6.61 Å². The Morgan fingerprint density at radius 3 is 3.06 bits per heavy atom. The van der Waals surface area contributed by atoms with Crippen molar-refractivity contribution in [3.63, 3.8) is 0 Å². The summed E-state index contributed by atoms with van der Waals surface area (Å²) < 4.78 is 4.73. The fraction of sp³-hybridized carbons (Fsp3) is 0.273. The van der Waals surface area contributed by atoms with Gasteiger partial charge in [0.2, 0.25) is 0 Å². The van der Waals surface area contributed by atoms with Gasteiger partial charge in [-0.15, -0.1) is 0 Å². The molecule has 0 saturated carbocycles. The molecule has 1 aromatic rings. The summed E-state index contributed by atoms with van der Waals surface area (Å²) in [5.41, 5.74) is 0.168. The number of ether oxygens (including phenoxy) is 1. The molecule has 4 nitrogen and oxygen atoms in total. The topological polar surface area (TPSA) is 59.2 Å². The number of hydrogen-bond donors (Lipinski definition) is 1. The number of hydrogen-bond acceptors (Lipinski definition) is 3. The van der Waals surface area contributed by atoms with Crippen LogP contribution >= 0.6 is 11.6 Å². The Morgan fingerprint density at radius 1 is 1.62 bits per heavy atom. The third kappa shape index (κ3) is 3.90. The molecule has 0 unspecified atom stereocenters. The Kier molecular flexibility index (Phi) is 4.79. The van der Waals surface area contributed by atoms with E-state index in [4.69, 9.17) is 16.3 Å². The minimum atomic E-state index is -0.322. The highest BCUT2D eigenvalue weighted by molar-refractivity contribution is 6.30. The molecular weight excluding hydrogens is 230 g/mol. The van der Waals surface area contributed by atoms with E-state index in [0.29, 0.717) is 17.2 Å². The van der Waals surface area contributed by atoms with Crippen LogP contribution in [-0.2, 0) is 9.53 Å². The molecule has 1 rings (SSSR count). The fourth-order valence-electron chi connectivity index (χ4n) is 1.10. The third-order valence-corrected chi connectivity index (χ3v) is 2.00. The molecule has 1 N–H and O–H groups in total. The average Bonchev–Trinajstić information content (AvgIpc) is 2.23. The van der Waals surface area contributed by atoms with Crippen molar-refractivity contribution in [2.45, 2.75) is 13.3 Å². The molecular formula is C11H12ClNO3. The van der Waals surface area contributed by atoms with Crippen molar-refractivity contribution < 1.29 is 9.53 Å². The summed E-state index contributed by atoms with van der Waals surface area (Å²) >= 11 is 5.71. The van der Waals surface area contributed by atoms with Crippen LogP contribution in [0.5, 0.6) is 0 Å². The first-order valence-electron chi connectivity index (χ1n) is 4.84. The van der Waals surface area contributed by atoms with Crippen LogP contribution in [0.2, 0.25) is 5.02 Å². The van der Waals surface area contributed by atoms with Gasteiger partial charge >= 0.3 is 5.97 Å². The summed E-state index contributed by atoms with van der Waals surface area (Å²) in [6.45, 7) is 2.09. The zero-order valence-corrected chi connectivity index (χ0v) is 9.58. The van der Waals surface area contributed by atoms with Crippen LogP contribution < -0.4 is 5.56 Å². The molecule has 0 aliphatic rings. The van der Waals surface area contributed by atoms with Gasteiger partial charge in [0, 0.05) is 11.8 Å². The lowest BCUT2D eigenvalue weighted by Gasteiger charge is -1.97. The largest absolute Gasteiger partial charge is 0.466 e. The normalized spacial score (nSPS) is 10.6. The van der Waals surface area contributed by atoms with E-state index < -0.39 is 0 Å². The van der Waals surface area contributed by atoms with E-state index in [9.17, 15) is 9.59 Å². The van der Waals surface area contributed by atoms with Crippen molar-refractivity contribution in [3.8, 4) is 0 Å². The van der Waals surface area contributed by atoms with E-state index in [-0.39, 0.29) is 17.9 Å². The summed E-state index contributed by atoms with van der Waals surface area (Å²) in [4.78, 5) is 24.8. The lowest BCUT2D eigenvalue weighted by molar-refractivity contribution is -0.142. The minimum absolute atomic E-state index is 0.139. The number of carbonyl (C=O) groups excluding carboxylic acids is 1. The highest BCUT2D eigenvalue weighted by Crippen LogP contribution is 2.06. The molecule has 16 heavy (non-hydrogen) atoms. The Bertz CT molecular complexity index is 451. The number of carbonyl (C=O) groups is 1. The van der Waals surface area contributed by atoms with E-state index in [1.807, 2.05) is 0 Å². The number of pyridine rings is 1. The molecule has 0 amide bonds. The highest BCUT2D eigenvalue weighted by atomic mass is 35.5. The monoisotopic (exact) mass is 241 g/mol. The van der Waals surface area contributed by atoms with E-state index >= 15 is 0 Å². The molecule has 0 aliphatic carbocycles. The number of halogens is 1. The molecule has 0 saturated heterocycles. The van der Waals surface area contributed by atoms with E-state index in [0.717, 1.165) is 0 Å². The zero-order valence-electron chi connectivity index (χ0n) is 8.83. The van der Waals surface area contributed by atoms with Crippen LogP contribution in [-0.4, -0.2) is 17.6 Å². The summed E-state index contributed by atoms with van der Waals surface area (Å²) in [6, 6.07) is 1.53. The van der Waals surface area contributed by atoms with Gasteiger partial charge in [0.15, 0.2) is 0 Å². The molecule has 1 heterocycles. The van der Waals surface area contributed by atoms with Crippen LogP contribution in [0.1, 0.15) is 18.9 Å². The molecule has 0 spiro atoms. The zero-order chi connectivity index (χ0) is 12.0. The van der Waals surface area contributed by atoms with Gasteiger partial charge in [0.05, 0.1) is 18.1 Å². The summed E-state index contributed by atoms with van der Waals surface area (Å²) in [6.07, 6.45) is 4.66. The molecule has 0 atom stereocenters. The Balaban J connectivity index is 2.66. The van der Waals surface area contributed by atoms with Gasteiger partial charge in [-0.2, -0.15) is 0 Å². The van der Waals surface area contributed by atoms with Crippen LogP contribution in [0.3, 0.4) is 0 Å². The third-order valence-electron chi connectivity index (χ3n) is 1.78. The van der Waals surface area contributed by atoms with Gasteiger partial charge in [-0.05, 0) is 13.0 Å². The average molecular weight is 242 g/mol. The van der Waals surface area contributed by atoms with Crippen molar-refractivity contribution in [1.29, 1.82) is 0 Å². The number of aromatic amines is 1. The standard InChI is InChI=1S/C11H12ClNO3/c1-2-16-10(14)5-3-4-8-6-9(12)7-13-11(8)15/h3-4,6-7H,2,5H2,1H3,(H,13,15). The van der Waals surface area contributed by atoms with E-state index in [2.05, 4.69) is 4.98 Å². The molecule has 0 aliphatic heterocycles. The number of nitrogens with one attached hydrogen (secondary N) is 1. The second-order valence-electron chi connectivity index (χ2n) is 3.01. The van der Waals surface area contributed by atoms with Crippen LogP contribution in [0.4, 0.5) is 0 Å². The summed E-state index contributed by atoms with van der Waals surface area (Å²) in [5, 5.41) is 0.440.